The normalized spacial score (nSPS) is 24.6. The van der Waals surface area contributed by atoms with E-state index in [4.69, 9.17) is 16.3 Å². The van der Waals surface area contributed by atoms with Crippen molar-refractivity contribution in [2.75, 3.05) is 5.32 Å². The molecule has 1 aromatic carbocycles. The number of fused-ring (bicyclic) bond motifs is 2. The summed E-state index contributed by atoms with van der Waals surface area (Å²) in [5.41, 5.74) is 2.02. The maximum atomic E-state index is 13.7. The standard InChI is InChI=1S/C25H21ClFN3O2/c26-14-3-6-22(29-12-14)30-25(31)23(13-1-2-13)24-17-10-16(11-18(17)24)32-21-7-8-28-20-5-4-15(27)9-19(20)21/h3-10,12-13,16,18,23-24H,1-2,11H2,(H,29,30,31)/t16-,18+,23?,24+/m0/s1. The van der Waals surface area contributed by atoms with Crippen molar-refractivity contribution in [2.45, 2.75) is 25.4 Å². The lowest BCUT2D eigenvalue weighted by Crippen LogP contribution is -2.28. The lowest BCUT2D eigenvalue weighted by atomic mass is 9.92. The minimum atomic E-state index is -0.309. The highest BCUT2D eigenvalue weighted by Gasteiger charge is 2.58. The molecule has 2 fully saturated rings. The summed E-state index contributed by atoms with van der Waals surface area (Å²) in [6.45, 7) is 0. The SMILES string of the molecule is O=C(Nc1ccc(Cl)cn1)C(C1CC1)[C@@H]1C2=C[C@H](Oc3ccnc4ccc(F)cc34)C[C@H]21. The first-order valence-electron chi connectivity index (χ1n) is 10.9. The number of hydrogen-bond donors (Lipinski definition) is 1. The molecule has 3 aromatic rings. The van der Waals surface area contributed by atoms with E-state index in [1.54, 1.807) is 30.5 Å². The molecule has 0 radical (unpaired) electrons. The van der Waals surface area contributed by atoms with Gasteiger partial charge in [-0.05, 0) is 79.5 Å². The van der Waals surface area contributed by atoms with Gasteiger partial charge < -0.3 is 10.1 Å². The van der Waals surface area contributed by atoms with Gasteiger partial charge in [-0.15, -0.1) is 0 Å². The highest BCUT2D eigenvalue weighted by atomic mass is 35.5. The number of nitrogens with one attached hydrogen (secondary N) is 1. The Balaban J connectivity index is 1.17. The summed E-state index contributed by atoms with van der Waals surface area (Å²) in [6, 6.07) is 9.75. The largest absolute Gasteiger partial charge is 0.486 e. The van der Waals surface area contributed by atoms with Crippen molar-refractivity contribution >= 4 is 34.2 Å². The second-order valence-corrected chi connectivity index (χ2v) is 9.31. The Morgan fingerprint density at radius 2 is 2.06 bits per heavy atom. The van der Waals surface area contributed by atoms with Gasteiger partial charge in [0.05, 0.1) is 10.5 Å². The molecular formula is C25H21ClFN3O2. The molecule has 2 heterocycles. The van der Waals surface area contributed by atoms with Crippen LogP contribution >= 0.6 is 11.6 Å². The van der Waals surface area contributed by atoms with E-state index in [9.17, 15) is 9.18 Å². The summed E-state index contributed by atoms with van der Waals surface area (Å²) in [6.07, 6.45) is 8.34. The number of allylic oxidation sites excluding steroid dienone is 1. The van der Waals surface area contributed by atoms with Crippen molar-refractivity contribution in [3.05, 3.63) is 71.3 Å². The lowest BCUT2D eigenvalue weighted by molar-refractivity contribution is -0.121. The van der Waals surface area contributed by atoms with Gasteiger partial charge >= 0.3 is 0 Å². The number of ether oxygens (including phenoxy) is 1. The summed E-state index contributed by atoms with van der Waals surface area (Å²) < 4.78 is 19.9. The number of rotatable bonds is 6. The van der Waals surface area contributed by atoms with E-state index >= 15 is 0 Å². The summed E-state index contributed by atoms with van der Waals surface area (Å²) in [7, 11) is 0. The van der Waals surface area contributed by atoms with Crippen LogP contribution in [0, 0.1) is 29.5 Å². The highest BCUT2D eigenvalue weighted by Crippen LogP contribution is 2.62. The molecule has 4 atom stereocenters. The lowest BCUT2D eigenvalue weighted by Gasteiger charge is -2.19. The molecule has 2 aromatic heterocycles. The molecule has 7 heteroatoms. The summed E-state index contributed by atoms with van der Waals surface area (Å²) >= 11 is 5.89. The third kappa shape index (κ3) is 3.62. The quantitative estimate of drug-likeness (QED) is 0.511. The fourth-order valence-electron chi connectivity index (χ4n) is 5.10. The number of amides is 1. The Morgan fingerprint density at radius 3 is 2.78 bits per heavy atom. The zero-order valence-corrected chi connectivity index (χ0v) is 17.9. The molecule has 3 aliphatic carbocycles. The predicted octanol–water partition coefficient (Wildman–Crippen LogP) is 5.41. The third-order valence-electron chi connectivity index (χ3n) is 6.74. The maximum Gasteiger partial charge on any atom is 0.229 e. The van der Waals surface area contributed by atoms with Crippen molar-refractivity contribution in [2.24, 2.45) is 23.7 Å². The first-order valence-corrected chi connectivity index (χ1v) is 11.3. The molecule has 0 bridgehead atoms. The zero-order chi connectivity index (χ0) is 21.8. The van der Waals surface area contributed by atoms with E-state index in [0.29, 0.717) is 39.3 Å². The molecule has 32 heavy (non-hydrogen) atoms. The van der Waals surface area contributed by atoms with Gasteiger partial charge in [0.2, 0.25) is 5.91 Å². The number of carbonyl (C=O) groups is 1. The van der Waals surface area contributed by atoms with Crippen LogP contribution in [0.5, 0.6) is 5.75 Å². The number of anilines is 1. The molecule has 1 amide bonds. The topological polar surface area (TPSA) is 64.1 Å². The van der Waals surface area contributed by atoms with E-state index in [2.05, 4.69) is 21.4 Å². The second-order valence-electron chi connectivity index (χ2n) is 8.88. The molecule has 0 aliphatic heterocycles. The number of pyridine rings is 2. The third-order valence-corrected chi connectivity index (χ3v) is 6.97. The molecule has 1 N–H and O–H groups in total. The van der Waals surface area contributed by atoms with E-state index in [1.807, 2.05) is 0 Å². The van der Waals surface area contributed by atoms with Gasteiger partial charge in [-0.1, -0.05) is 17.2 Å². The van der Waals surface area contributed by atoms with Crippen molar-refractivity contribution in [3.63, 3.8) is 0 Å². The van der Waals surface area contributed by atoms with Crippen LogP contribution in [0.25, 0.3) is 10.9 Å². The maximum absolute atomic E-state index is 13.7. The number of benzene rings is 1. The van der Waals surface area contributed by atoms with Crippen molar-refractivity contribution in [3.8, 4) is 5.75 Å². The Hall–Kier alpha value is -2.99. The van der Waals surface area contributed by atoms with Crippen LogP contribution in [-0.4, -0.2) is 22.0 Å². The summed E-state index contributed by atoms with van der Waals surface area (Å²) in [4.78, 5) is 21.5. The van der Waals surface area contributed by atoms with Crippen molar-refractivity contribution < 1.29 is 13.9 Å². The van der Waals surface area contributed by atoms with E-state index in [0.717, 1.165) is 19.3 Å². The van der Waals surface area contributed by atoms with Crippen molar-refractivity contribution in [1.82, 2.24) is 9.97 Å². The Morgan fingerprint density at radius 1 is 1.19 bits per heavy atom. The number of nitrogens with zero attached hydrogens (tertiary/aromatic N) is 2. The zero-order valence-electron chi connectivity index (χ0n) is 17.2. The molecule has 162 valence electrons. The molecule has 3 aliphatic rings. The number of aromatic nitrogens is 2. The molecule has 1 unspecified atom stereocenters. The van der Waals surface area contributed by atoms with Crippen LogP contribution in [0.3, 0.4) is 0 Å². The van der Waals surface area contributed by atoms with Crippen LogP contribution in [-0.2, 0) is 4.79 Å². The summed E-state index contributed by atoms with van der Waals surface area (Å²) in [5.74, 6) is 1.96. The Bertz CT molecular complexity index is 1240. The molecule has 6 rings (SSSR count). The van der Waals surface area contributed by atoms with Crippen LogP contribution in [0.15, 0.2) is 60.4 Å². The average molecular weight is 450 g/mol. The van der Waals surface area contributed by atoms with Gasteiger partial charge in [0, 0.05) is 23.7 Å². The fraction of sp³-hybridized carbons (Fsp3) is 0.320. The van der Waals surface area contributed by atoms with E-state index < -0.39 is 0 Å². The number of halogens is 2. The van der Waals surface area contributed by atoms with Crippen molar-refractivity contribution in [1.29, 1.82) is 0 Å². The Labute approximate surface area is 189 Å². The minimum absolute atomic E-state index is 0.0273. The Kier molecular flexibility index (Phi) is 4.65. The monoisotopic (exact) mass is 449 g/mol. The first-order chi connectivity index (χ1) is 15.6. The van der Waals surface area contributed by atoms with Crippen LogP contribution in [0.4, 0.5) is 10.2 Å². The molecule has 2 saturated carbocycles. The number of hydrogen-bond acceptors (Lipinski definition) is 4. The van der Waals surface area contributed by atoms with Gasteiger partial charge in [0.25, 0.3) is 0 Å². The molecule has 5 nitrogen and oxygen atoms in total. The van der Waals surface area contributed by atoms with Gasteiger partial charge in [-0.25, -0.2) is 9.37 Å². The average Bonchev–Trinajstić information content (AvgIpc) is 3.69. The van der Waals surface area contributed by atoms with E-state index in [-0.39, 0.29) is 29.7 Å². The van der Waals surface area contributed by atoms with Crippen LogP contribution in [0.1, 0.15) is 19.3 Å². The second kappa shape index (κ2) is 7.55. The molecular weight excluding hydrogens is 429 g/mol. The fourth-order valence-corrected chi connectivity index (χ4v) is 5.21. The van der Waals surface area contributed by atoms with Gasteiger partial charge in [-0.3, -0.25) is 9.78 Å². The van der Waals surface area contributed by atoms with E-state index in [1.165, 1.54) is 23.9 Å². The molecule has 0 saturated heterocycles. The summed E-state index contributed by atoms with van der Waals surface area (Å²) in [5, 5.41) is 4.18. The predicted molar refractivity (Wildman–Crippen MR) is 120 cm³/mol. The first kappa shape index (κ1) is 19.7. The van der Waals surface area contributed by atoms with Crippen LogP contribution in [0.2, 0.25) is 5.02 Å². The van der Waals surface area contributed by atoms with Gasteiger partial charge in [0.15, 0.2) is 0 Å². The van der Waals surface area contributed by atoms with Gasteiger partial charge in [0.1, 0.15) is 23.5 Å². The smallest absolute Gasteiger partial charge is 0.229 e. The van der Waals surface area contributed by atoms with Gasteiger partial charge in [-0.2, -0.15) is 0 Å². The minimum Gasteiger partial charge on any atom is -0.486 e. The number of carbonyl (C=O) groups excluding carboxylic acids is 1. The van der Waals surface area contributed by atoms with Crippen LogP contribution < -0.4 is 10.1 Å². The molecule has 0 spiro atoms. The highest BCUT2D eigenvalue weighted by molar-refractivity contribution is 6.30.